The van der Waals surface area contributed by atoms with E-state index < -0.39 is 5.91 Å². The SMILES string of the molecule is Cc1onc(-c2c(Cl)cccc2Cl)c1C(=O)Nc1cc(C(=O)NC(C)C)ccc1Cl. The van der Waals surface area contributed by atoms with Crippen LogP contribution in [0.15, 0.2) is 40.9 Å². The lowest BCUT2D eigenvalue weighted by atomic mass is 10.1. The number of rotatable bonds is 5. The molecule has 0 unspecified atom stereocenters. The van der Waals surface area contributed by atoms with Crippen molar-refractivity contribution in [3.8, 4) is 11.3 Å². The third kappa shape index (κ3) is 4.61. The molecule has 0 saturated heterocycles. The Morgan fingerprint density at radius 3 is 2.30 bits per heavy atom. The molecule has 0 radical (unpaired) electrons. The molecule has 1 aromatic heterocycles. The topological polar surface area (TPSA) is 84.2 Å². The minimum absolute atomic E-state index is 0.0335. The number of amides is 2. The molecule has 0 atom stereocenters. The Balaban J connectivity index is 1.97. The largest absolute Gasteiger partial charge is 0.360 e. The molecule has 0 fully saturated rings. The van der Waals surface area contributed by atoms with Crippen molar-refractivity contribution >= 4 is 52.3 Å². The summed E-state index contributed by atoms with van der Waals surface area (Å²) in [6, 6.07) is 9.56. The molecule has 9 heteroatoms. The molecule has 6 nitrogen and oxygen atoms in total. The summed E-state index contributed by atoms with van der Waals surface area (Å²) in [4.78, 5) is 25.3. The molecule has 0 saturated carbocycles. The van der Waals surface area contributed by atoms with E-state index in [0.717, 1.165) is 0 Å². The Hall–Kier alpha value is -2.54. The second-order valence-corrected chi connectivity index (χ2v) is 8.06. The highest BCUT2D eigenvalue weighted by Gasteiger charge is 2.25. The van der Waals surface area contributed by atoms with E-state index in [0.29, 0.717) is 21.2 Å². The molecule has 2 N–H and O–H groups in total. The third-order valence-electron chi connectivity index (χ3n) is 4.19. The van der Waals surface area contributed by atoms with Gasteiger partial charge in [-0.2, -0.15) is 0 Å². The zero-order valence-corrected chi connectivity index (χ0v) is 18.6. The van der Waals surface area contributed by atoms with Gasteiger partial charge >= 0.3 is 0 Å². The fourth-order valence-electron chi connectivity index (χ4n) is 2.83. The summed E-state index contributed by atoms with van der Waals surface area (Å²) in [6.07, 6.45) is 0. The first-order chi connectivity index (χ1) is 14.2. The maximum absolute atomic E-state index is 13.1. The van der Waals surface area contributed by atoms with E-state index in [1.807, 2.05) is 13.8 Å². The average molecular weight is 467 g/mol. The van der Waals surface area contributed by atoms with Gasteiger partial charge in [0.2, 0.25) is 0 Å². The first kappa shape index (κ1) is 22.2. The minimum Gasteiger partial charge on any atom is -0.360 e. The van der Waals surface area contributed by atoms with Crippen LogP contribution in [-0.2, 0) is 0 Å². The number of hydrogen-bond donors (Lipinski definition) is 2. The van der Waals surface area contributed by atoms with Gasteiger partial charge in [0.15, 0.2) is 0 Å². The van der Waals surface area contributed by atoms with Crippen LogP contribution in [0.4, 0.5) is 5.69 Å². The predicted molar refractivity (Wildman–Crippen MR) is 119 cm³/mol. The van der Waals surface area contributed by atoms with Crippen LogP contribution in [0.3, 0.4) is 0 Å². The van der Waals surface area contributed by atoms with Crippen LogP contribution in [0, 0.1) is 6.92 Å². The lowest BCUT2D eigenvalue weighted by Crippen LogP contribution is -2.30. The van der Waals surface area contributed by atoms with Crippen molar-refractivity contribution in [1.29, 1.82) is 0 Å². The molecule has 30 heavy (non-hydrogen) atoms. The first-order valence-electron chi connectivity index (χ1n) is 9.01. The Labute approximate surface area is 188 Å². The molecule has 2 aromatic carbocycles. The smallest absolute Gasteiger partial charge is 0.261 e. The standard InChI is InChI=1S/C21H18Cl3N3O3/c1-10(2)25-20(28)12-7-8-13(22)16(9-12)26-21(29)17-11(3)30-27-19(17)18-14(23)5-4-6-15(18)24/h4-10H,1-3H3,(H,25,28)(H,26,29). The van der Waals surface area contributed by atoms with E-state index in [1.54, 1.807) is 37.3 Å². The molecule has 0 bridgehead atoms. The minimum atomic E-state index is -0.525. The van der Waals surface area contributed by atoms with Crippen molar-refractivity contribution in [1.82, 2.24) is 10.5 Å². The fraction of sp³-hybridized carbons (Fsp3) is 0.190. The van der Waals surface area contributed by atoms with E-state index in [9.17, 15) is 9.59 Å². The quantitative estimate of drug-likeness (QED) is 0.483. The number of halogens is 3. The second-order valence-electron chi connectivity index (χ2n) is 6.84. The number of benzene rings is 2. The van der Waals surface area contributed by atoms with Gasteiger partial charge in [-0.3, -0.25) is 9.59 Å². The zero-order chi connectivity index (χ0) is 22.0. The Morgan fingerprint density at radius 2 is 1.67 bits per heavy atom. The van der Waals surface area contributed by atoms with Gasteiger partial charge in [0.05, 0.1) is 20.8 Å². The second kappa shape index (κ2) is 9.08. The van der Waals surface area contributed by atoms with Crippen molar-refractivity contribution in [2.24, 2.45) is 0 Å². The summed E-state index contributed by atoms with van der Waals surface area (Å²) in [5.74, 6) is -0.520. The summed E-state index contributed by atoms with van der Waals surface area (Å²) in [5, 5.41) is 10.4. The Morgan fingerprint density at radius 1 is 1.00 bits per heavy atom. The highest BCUT2D eigenvalue weighted by molar-refractivity contribution is 6.39. The molecule has 156 valence electrons. The molecule has 2 amide bonds. The van der Waals surface area contributed by atoms with E-state index in [2.05, 4.69) is 15.8 Å². The number of carbonyl (C=O) groups excluding carboxylic acids is 2. The van der Waals surface area contributed by atoms with Gasteiger partial charge in [-0.15, -0.1) is 0 Å². The highest BCUT2D eigenvalue weighted by Crippen LogP contribution is 2.37. The summed E-state index contributed by atoms with van der Waals surface area (Å²) < 4.78 is 5.23. The van der Waals surface area contributed by atoms with Crippen LogP contribution in [0.5, 0.6) is 0 Å². The van der Waals surface area contributed by atoms with Gasteiger partial charge in [-0.05, 0) is 51.1 Å². The molecule has 0 aliphatic rings. The zero-order valence-electron chi connectivity index (χ0n) is 16.3. The molecule has 0 spiro atoms. The number of anilines is 1. The molecule has 0 aliphatic heterocycles. The van der Waals surface area contributed by atoms with Crippen molar-refractivity contribution in [2.45, 2.75) is 26.8 Å². The van der Waals surface area contributed by atoms with E-state index in [-0.39, 0.29) is 39.7 Å². The van der Waals surface area contributed by atoms with Gasteiger partial charge in [0.1, 0.15) is 17.0 Å². The molecule has 0 aliphatic carbocycles. The molecule has 3 rings (SSSR count). The number of aryl methyl sites for hydroxylation is 1. The Bertz CT molecular complexity index is 1110. The summed E-state index contributed by atoms with van der Waals surface area (Å²) in [6.45, 7) is 5.31. The van der Waals surface area contributed by atoms with Crippen molar-refractivity contribution in [3.05, 3.63) is 68.4 Å². The normalized spacial score (nSPS) is 10.9. The van der Waals surface area contributed by atoms with E-state index >= 15 is 0 Å². The average Bonchev–Trinajstić information content (AvgIpc) is 3.04. The molecular formula is C21H18Cl3N3O3. The highest BCUT2D eigenvalue weighted by atomic mass is 35.5. The van der Waals surface area contributed by atoms with E-state index in [1.165, 1.54) is 6.07 Å². The van der Waals surface area contributed by atoms with Gasteiger partial charge in [-0.25, -0.2) is 0 Å². The maximum atomic E-state index is 13.1. The van der Waals surface area contributed by atoms with Gasteiger partial charge in [0.25, 0.3) is 11.8 Å². The number of nitrogens with zero attached hydrogens (tertiary/aromatic N) is 1. The molecular weight excluding hydrogens is 449 g/mol. The first-order valence-corrected chi connectivity index (χ1v) is 10.1. The summed E-state index contributed by atoms with van der Waals surface area (Å²) in [5.41, 5.74) is 1.40. The van der Waals surface area contributed by atoms with Crippen molar-refractivity contribution < 1.29 is 14.1 Å². The molecule has 3 aromatic rings. The fourth-order valence-corrected chi connectivity index (χ4v) is 3.57. The van der Waals surface area contributed by atoms with Crippen LogP contribution in [0.25, 0.3) is 11.3 Å². The number of hydrogen-bond acceptors (Lipinski definition) is 4. The summed E-state index contributed by atoms with van der Waals surface area (Å²) in [7, 11) is 0. The number of carbonyl (C=O) groups is 2. The van der Waals surface area contributed by atoms with Crippen LogP contribution in [0.2, 0.25) is 15.1 Å². The lowest BCUT2D eigenvalue weighted by molar-refractivity contribution is 0.0941. The van der Waals surface area contributed by atoms with Gasteiger partial charge in [-0.1, -0.05) is 46.0 Å². The maximum Gasteiger partial charge on any atom is 0.261 e. The monoisotopic (exact) mass is 465 g/mol. The number of nitrogens with one attached hydrogen (secondary N) is 2. The lowest BCUT2D eigenvalue weighted by Gasteiger charge is -2.12. The summed E-state index contributed by atoms with van der Waals surface area (Å²) >= 11 is 18.8. The van der Waals surface area contributed by atoms with Crippen LogP contribution < -0.4 is 10.6 Å². The predicted octanol–water partition coefficient (Wildman–Crippen LogP) is 6.00. The van der Waals surface area contributed by atoms with E-state index in [4.69, 9.17) is 39.3 Å². The van der Waals surface area contributed by atoms with Crippen molar-refractivity contribution in [3.63, 3.8) is 0 Å². The van der Waals surface area contributed by atoms with Gasteiger partial charge in [0, 0.05) is 17.2 Å². The third-order valence-corrected chi connectivity index (χ3v) is 5.15. The van der Waals surface area contributed by atoms with Crippen LogP contribution in [-0.4, -0.2) is 23.0 Å². The van der Waals surface area contributed by atoms with Crippen molar-refractivity contribution in [2.75, 3.05) is 5.32 Å². The van der Waals surface area contributed by atoms with Gasteiger partial charge < -0.3 is 15.2 Å². The Kier molecular flexibility index (Phi) is 6.71. The van der Waals surface area contributed by atoms with Crippen LogP contribution in [0.1, 0.15) is 40.3 Å². The number of aromatic nitrogens is 1. The molecule has 1 heterocycles. The van der Waals surface area contributed by atoms with Crippen LogP contribution >= 0.6 is 34.8 Å².